The van der Waals surface area contributed by atoms with E-state index in [4.69, 9.17) is 10.8 Å². The molecule has 0 aliphatic carbocycles. The largest absolute Gasteiger partial charge is 0.508 e. The van der Waals surface area contributed by atoms with Crippen molar-refractivity contribution in [3.8, 4) is 16.9 Å². The van der Waals surface area contributed by atoms with Crippen LogP contribution in [0.4, 0.5) is 10.1 Å². The summed E-state index contributed by atoms with van der Waals surface area (Å²) in [6.45, 7) is 0. The molecule has 2 aromatic carbocycles. The fourth-order valence-electron chi connectivity index (χ4n) is 1.44. The highest BCUT2D eigenvalue weighted by atomic mass is 19.1. The molecule has 0 aliphatic heterocycles. The molecule has 2 aromatic rings. The highest BCUT2D eigenvalue weighted by molar-refractivity contribution is 5.68. The fourth-order valence-corrected chi connectivity index (χ4v) is 1.44. The van der Waals surface area contributed by atoms with Gasteiger partial charge in [0, 0.05) is 17.3 Å². The molecule has 0 radical (unpaired) electrons. The number of anilines is 1. The number of phenols is 1. The van der Waals surface area contributed by atoms with Crippen LogP contribution in [0, 0.1) is 5.82 Å². The predicted octanol–water partition coefficient (Wildman–Crippen LogP) is 2.78. The molecule has 0 atom stereocenters. The summed E-state index contributed by atoms with van der Waals surface area (Å²) in [5, 5.41) is 9.07. The minimum Gasteiger partial charge on any atom is -0.508 e. The van der Waals surface area contributed by atoms with E-state index in [2.05, 4.69) is 0 Å². The van der Waals surface area contributed by atoms with Crippen LogP contribution in [0.1, 0.15) is 0 Å². The first-order valence-corrected chi connectivity index (χ1v) is 4.51. The maximum Gasteiger partial charge on any atom is 0.134 e. The smallest absolute Gasteiger partial charge is 0.134 e. The summed E-state index contributed by atoms with van der Waals surface area (Å²) in [4.78, 5) is 0. The van der Waals surface area contributed by atoms with Crippen molar-refractivity contribution >= 4 is 5.69 Å². The normalized spacial score (nSPS) is 10.2. The summed E-state index contributed by atoms with van der Waals surface area (Å²) in [6.07, 6.45) is 0. The van der Waals surface area contributed by atoms with Gasteiger partial charge in [-0.25, -0.2) is 4.39 Å². The molecule has 0 unspecified atom stereocenters. The van der Waals surface area contributed by atoms with E-state index in [1.54, 1.807) is 24.3 Å². The lowest BCUT2D eigenvalue weighted by atomic mass is 10.0. The molecule has 0 heterocycles. The predicted molar refractivity (Wildman–Crippen MR) is 57.9 cm³/mol. The number of rotatable bonds is 1. The number of hydrogen-bond acceptors (Lipinski definition) is 2. The van der Waals surface area contributed by atoms with Crippen LogP contribution in [0.2, 0.25) is 0 Å². The minimum atomic E-state index is -0.458. The van der Waals surface area contributed by atoms with E-state index in [9.17, 15) is 4.39 Å². The average Bonchev–Trinajstić information content (AvgIpc) is 2.17. The van der Waals surface area contributed by atoms with E-state index in [1.165, 1.54) is 12.1 Å². The molecule has 76 valence electrons. The molecule has 0 saturated heterocycles. The van der Waals surface area contributed by atoms with Gasteiger partial charge in [0.15, 0.2) is 0 Å². The molecule has 0 amide bonds. The Balaban J connectivity index is 2.54. The second-order valence-electron chi connectivity index (χ2n) is 3.29. The van der Waals surface area contributed by atoms with Gasteiger partial charge in [-0.15, -0.1) is 0 Å². The molecule has 0 bridgehead atoms. The van der Waals surface area contributed by atoms with E-state index in [1.807, 2.05) is 0 Å². The van der Waals surface area contributed by atoms with Crippen molar-refractivity contribution in [2.24, 2.45) is 0 Å². The first-order valence-electron chi connectivity index (χ1n) is 4.51. The van der Waals surface area contributed by atoms with Crippen LogP contribution >= 0.6 is 0 Å². The molecule has 0 aromatic heterocycles. The zero-order chi connectivity index (χ0) is 10.8. The number of nitrogens with two attached hydrogens (primary N) is 1. The highest BCUT2D eigenvalue weighted by Gasteiger charge is 2.05. The lowest BCUT2D eigenvalue weighted by Gasteiger charge is -2.04. The van der Waals surface area contributed by atoms with Gasteiger partial charge in [0.2, 0.25) is 0 Å². The molecule has 2 rings (SSSR count). The van der Waals surface area contributed by atoms with Crippen molar-refractivity contribution in [1.29, 1.82) is 0 Å². The molecule has 0 aliphatic rings. The molecule has 3 heteroatoms. The minimum absolute atomic E-state index is 0.0832. The highest BCUT2D eigenvalue weighted by Crippen LogP contribution is 2.26. The summed E-state index contributed by atoms with van der Waals surface area (Å²) in [5.74, 6) is -0.541. The maximum absolute atomic E-state index is 13.5. The first-order chi connectivity index (χ1) is 7.16. The Bertz CT molecular complexity index is 497. The Morgan fingerprint density at radius 3 is 2.53 bits per heavy atom. The quantitative estimate of drug-likeness (QED) is 0.700. The number of hydrogen-bond donors (Lipinski definition) is 2. The third-order valence-corrected chi connectivity index (χ3v) is 2.15. The fraction of sp³-hybridized carbons (Fsp3) is 0. The average molecular weight is 203 g/mol. The van der Waals surface area contributed by atoms with Crippen molar-refractivity contribution in [3.05, 3.63) is 48.3 Å². The van der Waals surface area contributed by atoms with Crippen LogP contribution in [-0.2, 0) is 0 Å². The lowest BCUT2D eigenvalue weighted by Crippen LogP contribution is -1.87. The topological polar surface area (TPSA) is 46.2 Å². The Kier molecular flexibility index (Phi) is 2.29. The number of benzene rings is 2. The second-order valence-corrected chi connectivity index (χ2v) is 3.29. The van der Waals surface area contributed by atoms with Gasteiger partial charge in [-0.2, -0.15) is 0 Å². The van der Waals surface area contributed by atoms with Crippen molar-refractivity contribution in [3.63, 3.8) is 0 Å². The van der Waals surface area contributed by atoms with Crippen LogP contribution < -0.4 is 5.73 Å². The summed E-state index contributed by atoms with van der Waals surface area (Å²) >= 11 is 0. The number of nitrogen functional groups attached to an aromatic ring is 1. The van der Waals surface area contributed by atoms with Gasteiger partial charge in [-0.05, 0) is 29.8 Å². The molecule has 0 spiro atoms. The van der Waals surface area contributed by atoms with Crippen LogP contribution in [0.3, 0.4) is 0 Å². The van der Waals surface area contributed by atoms with E-state index in [0.717, 1.165) is 6.07 Å². The summed E-state index contributed by atoms with van der Waals surface area (Å²) in [6, 6.07) is 11.0. The van der Waals surface area contributed by atoms with Crippen molar-refractivity contribution in [2.75, 3.05) is 5.73 Å². The maximum atomic E-state index is 13.5. The second kappa shape index (κ2) is 3.61. The van der Waals surface area contributed by atoms with Crippen LogP contribution in [-0.4, -0.2) is 5.11 Å². The van der Waals surface area contributed by atoms with Gasteiger partial charge in [-0.1, -0.05) is 12.1 Å². The molecule has 15 heavy (non-hydrogen) atoms. The molecular weight excluding hydrogens is 193 g/mol. The number of phenolic OH excluding ortho intramolecular Hbond substituents is 1. The number of halogens is 1. The van der Waals surface area contributed by atoms with Gasteiger partial charge in [0.25, 0.3) is 0 Å². The van der Waals surface area contributed by atoms with Gasteiger partial charge in [0.1, 0.15) is 11.6 Å². The Hall–Kier alpha value is -2.03. The van der Waals surface area contributed by atoms with Gasteiger partial charge in [-0.3, -0.25) is 0 Å². The van der Waals surface area contributed by atoms with E-state index < -0.39 is 5.82 Å². The van der Waals surface area contributed by atoms with Gasteiger partial charge in [0.05, 0.1) is 0 Å². The Morgan fingerprint density at radius 1 is 1.07 bits per heavy atom. The third kappa shape index (κ3) is 1.91. The summed E-state index contributed by atoms with van der Waals surface area (Å²) in [7, 11) is 0. The van der Waals surface area contributed by atoms with Gasteiger partial charge < -0.3 is 10.8 Å². The molecule has 3 N–H and O–H groups in total. The van der Waals surface area contributed by atoms with E-state index in [-0.39, 0.29) is 5.75 Å². The van der Waals surface area contributed by atoms with Crippen molar-refractivity contribution < 1.29 is 9.50 Å². The molecule has 0 fully saturated rings. The number of aromatic hydroxyl groups is 1. The first kappa shape index (κ1) is 9.52. The zero-order valence-corrected chi connectivity index (χ0v) is 7.94. The van der Waals surface area contributed by atoms with Gasteiger partial charge >= 0.3 is 0 Å². The summed E-state index contributed by atoms with van der Waals surface area (Å²) in [5.41, 5.74) is 7.32. The molecular formula is C12H10FNO. The molecule has 2 nitrogen and oxygen atoms in total. The zero-order valence-electron chi connectivity index (χ0n) is 7.94. The summed E-state index contributed by atoms with van der Waals surface area (Å²) < 4.78 is 13.5. The van der Waals surface area contributed by atoms with Crippen molar-refractivity contribution in [1.82, 2.24) is 0 Å². The van der Waals surface area contributed by atoms with E-state index in [0.29, 0.717) is 16.8 Å². The lowest BCUT2D eigenvalue weighted by molar-refractivity contribution is 0.469. The Labute approximate surface area is 86.8 Å². The van der Waals surface area contributed by atoms with Crippen LogP contribution in [0.25, 0.3) is 11.1 Å². The van der Waals surface area contributed by atoms with Crippen LogP contribution in [0.5, 0.6) is 5.75 Å². The molecule has 0 saturated carbocycles. The SMILES string of the molecule is Nc1cccc(-c2ccc(O)cc2F)c1. The van der Waals surface area contributed by atoms with Crippen molar-refractivity contribution in [2.45, 2.75) is 0 Å². The van der Waals surface area contributed by atoms with E-state index >= 15 is 0 Å². The monoisotopic (exact) mass is 203 g/mol. The standard InChI is InChI=1S/C12H10FNO/c13-12-7-10(15)4-5-11(12)8-2-1-3-9(14)6-8/h1-7,15H,14H2. The van der Waals surface area contributed by atoms with Crippen LogP contribution in [0.15, 0.2) is 42.5 Å². The third-order valence-electron chi connectivity index (χ3n) is 2.15. The Morgan fingerprint density at radius 2 is 1.87 bits per heavy atom.